The minimum atomic E-state index is -1.81. The van der Waals surface area contributed by atoms with Gasteiger partial charge in [0.1, 0.15) is 5.41 Å². The number of rotatable bonds is 22. The van der Waals surface area contributed by atoms with Crippen LogP contribution >= 0.6 is 0 Å². The first-order chi connectivity index (χ1) is 15.1. The summed E-state index contributed by atoms with van der Waals surface area (Å²) in [4.78, 5) is 25.5. The summed E-state index contributed by atoms with van der Waals surface area (Å²) in [6.45, 7) is 12.7. The van der Waals surface area contributed by atoms with Crippen LogP contribution in [0.5, 0.6) is 0 Å². The predicted molar refractivity (Wildman–Crippen MR) is 139 cm³/mol. The molecule has 0 aliphatic rings. The summed E-state index contributed by atoms with van der Waals surface area (Å²) in [6.07, 6.45) is 17.2. The van der Waals surface area contributed by atoms with Gasteiger partial charge in [0.05, 0.1) is 6.10 Å². The van der Waals surface area contributed by atoms with E-state index < -0.39 is 19.7 Å². The summed E-state index contributed by atoms with van der Waals surface area (Å²) in [5.74, 6) is -1.07. The predicted octanol–water partition coefficient (Wildman–Crippen LogP) is 8.54. The highest BCUT2D eigenvalue weighted by atomic mass is 28.4. The summed E-state index contributed by atoms with van der Waals surface area (Å²) >= 11 is 0. The van der Waals surface area contributed by atoms with Gasteiger partial charge in [0.25, 0.3) is 0 Å². The average molecular weight is 471 g/mol. The van der Waals surface area contributed by atoms with Crippen LogP contribution in [0.1, 0.15) is 130 Å². The van der Waals surface area contributed by atoms with Gasteiger partial charge in [-0.1, -0.05) is 104 Å². The molecule has 0 aliphatic carbocycles. The molecule has 0 saturated heterocycles. The number of ketones is 1. The molecule has 0 bridgehead atoms. The van der Waals surface area contributed by atoms with Crippen molar-refractivity contribution in [3.8, 4) is 0 Å². The van der Waals surface area contributed by atoms with Gasteiger partial charge in [-0.05, 0) is 38.9 Å². The second-order valence-corrected chi connectivity index (χ2v) is 15.1. The van der Waals surface area contributed by atoms with Crippen molar-refractivity contribution in [3.05, 3.63) is 0 Å². The van der Waals surface area contributed by atoms with E-state index in [0.717, 1.165) is 38.5 Å². The van der Waals surface area contributed by atoms with E-state index in [1.54, 1.807) is 0 Å². The lowest BCUT2D eigenvalue weighted by Gasteiger charge is -2.31. The van der Waals surface area contributed by atoms with Crippen molar-refractivity contribution in [3.63, 3.8) is 0 Å². The third-order valence-corrected chi connectivity index (χ3v) is 7.61. The molecule has 0 heterocycles. The van der Waals surface area contributed by atoms with Gasteiger partial charge >= 0.3 is 5.97 Å². The first-order valence-corrected chi connectivity index (χ1v) is 17.0. The molecule has 1 N–H and O–H groups in total. The zero-order valence-corrected chi connectivity index (χ0v) is 23.3. The fourth-order valence-corrected chi connectivity index (χ4v) is 5.73. The topological polar surface area (TPSA) is 63.6 Å². The first-order valence-electron chi connectivity index (χ1n) is 13.6. The molecule has 0 fully saturated rings. The lowest BCUT2D eigenvalue weighted by molar-refractivity contribution is -0.156. The molecule has 0 saturated carbocycles. The number of carboxylic acid groups (broad SMARTS) is 1. The molecular weight excluding hydrogens is 416 g/mol. The Morgan fingerprint density at radius 2 is 1.25 bits per heavy atom. The van der Waals surface area contributed by atoms with Crippen molar-refractivity contribution in [1.82, 2.24) is 0 Å². The molecule has 0 amide bonds. The fraction of sp³-hybridized carbons (Fsp3) is 0.926. The van der Waals surface area contributed by atoms with Gasteiger partial charge in [-0.3, -0.25) is 9.59 Å². The lowest BCUT2D eigenvalue weighted by Crippen LogP contribution is -2.42. The number of carbonyl (C=O) groups excluding carboxylic acids is 1. The zero-order valence-electron chi connectivity index (χ0n) is 22.3. The van der Waals surface area contributed by atoms with Crippen molar-refractivity contribution in [2.45, 2.75) is 156 Å². The molecule has 0 radical (unpaired) electrons. The van der Waals surface area contributed by atoms with E-state index in [4.69, 9.17) is 4.43 Å². The monoisotopic (exact) mass is 470 g/mol. The van der Waals surface area contributed by atoms with Crippen LogP contribution in [-0.2, 0) is 14.0 Å². The Morgan fingerprint density at radius 1 is 0.781 bits per heavy atom. The number of unbranched alkanes of at least 4 members (excludes halogenated alkanes) is 11. The molecule has 0 aromatic heterocycles. The fourth-order valence-electron chi connectivity index (χ4n) is 4.53. The van der Waals surface area contributed by atoms with Gasteiger partial charge in [0.2, 0.25) is 0 Å². The van der Waals surface area contributed by atoms with E-state index in [1.165, 1.54) is 51.4 Å². The van der Waals surface area contributed by atoms with Crippen molar-refractivity contribution >= 4 is 20.1 Å². The quantitative estimate of drug-likeness (QED) is 0.0977. The van der Waals surface area contributed by atoms with Crippen LogP contribution in [0.4, 0.5) is 0 Å². The molecule has 32 heavy (non-hydrogen) atoms. The minimum absolute atomic E-state index is 0.122. The molecule has 0 spiro atoms. The summed E-state index contributed by atoms with van der Waals surface area (Å²) in [5.41, 5.74) is -1.24. The van der Waals surface area contributed by atoms with Crippen molar-refractivity contribution in [1.29, 1.82) is 0 Å². The summed E-state index contributed by atoms with van der Waals surface area (Å²) in [6, 6.07) is 0. The third kappa shape index (κ3) is 13.8. The SMILES string of the molecule is CCCCCCCCCCC[C@H](CC(=O)C(CC)(CCCCCC)C(=O)O)O[Si](C)(C)C. The van der Waals surface area contributed by atoms with Crippen molar-refractivity contribution in [2.75, 3.05) is 0 Å². The van der Waals surface area contributed by atoms with Crippen LogP contribution in [0.3, 0.4) is 0 Å². The Hall–Kier alpha value is -0.683. The van der Waals surface area contributed by atoms with Crippen molar-refractivity contribution < 1.29 is 19.1 Å². The molecule has 0 rings (SSSR count). The molecule has 190 valence electrons. The Bertz CT molecular complexity index is 500. The first kappa shape index (κ1) is 31.3. The second-order valence-electron chi connectivity index (χ2n) is 10.6. The lowest BCUT2D eigenvalue weighted by atomic mass is 9.74. The Morgan fingerprint density at radius 3 is 1.69 bits per heavy atom. The molecule has 0 aliphatic heterocycles. The summed E-state index contributed by atoms with van der Waals surface area (Å²) in [5, 5.41) is 9.99. The van der Waals surface area contributed by atoms with Crippen LogP contribution in [0, 0.1) is 5.41 Å². The van der Waals surface area contributed by atoms with Gasteiger partial charge in [-0.15, -0.1) is 0 Å². The normalized spacial score (nSPS) is 14.8. The molecule has 1 unspecified atom stereocenters. The van der Waals surface area contributed by atoms with E-state index in [-0.39, 0.29) is 18.3 Å². The third-order valence-electron chi connectivity index (χ3n) is 6.57. The van der Waals surface area contributed by atoms with Gasteiger partial charge in [-0.25, -0.2) is 0 Å². The standard InChI is InChI=1S/C27H54O4Si/c1-7-10-12-14-15-16-17-18-19-21-24(31-32(4,5)6)23-25(28)27(9-3,26(29)30)22-20-13-11-8-2/h24H,7-23H2,1-6H3,(H,29,30)/t24-,27?/m1/s1. The molecule has 0 aromatic carbocycles. The number of hydrogen-bond donors (Lipinski definition) is 1. The molecule has 0 aromatic rings. The average Bonchev–Trinajstić information content (AvgIpc) is 2.71. The second kappa shape index (κ2) is 17.7. The van der Waals surface area contributed by atoms with Crippen LogP contribution in [0.2, 0.25) is 19.6 Å². The number of carbonyl (C=O) groups is 2. The number of carboxylic acids is 1. The maximum absolute atomic E-state index is 13.3. The molecule has 2 atom stereocenters. The van der Waals surface area contributed by atoms with Gasteiger partial charge in [0, 0.05) is 6.42 Å². The Kier molecular flexibility index (Phi) is 17.4. The highest BCUT2D eigenvalue weighted by molar-refractivity contribution is 6.69. The zero-order chi connectivity index (χ0) is 24.5. The van der Waals surface area contributed by atoms with Gasteiger partial charge in [-0.2, -0.15) is 0 Å². The summed E-state index contributed by atoms with van der Waals surface area (Å²) < 4.78 is 6.37. The largest absolute Gasteiger partial charge is 0.480 e. The van der Waals surface area contributed by atoms with Crippen LogP contribution in [0.25, 0.3) is 0 Å². The van der Waals surface area contributed by atoms with E-state index in [0.29, 0.717) is 12.8 Å². The number of aliphatic carboxylic acids is 1. The van der Waals surface area contributed by atoms with Gasteiger partial charge < -0.3 is 9.53 Å². The summed E-state index contributed by atoms with van der Waals surface area (Å²) in [7, 11) is -1.81. The van der Waals surface area contributed by atoms with Crippen LogP contribution in [0.15, 0.2) is 0 Å². The Balaban J connectivity index is 4.80. The van der Waals surface area contributed by atoms with Gasteiger partial charge in [0.15, 0.2) is 14.1 Å². The highest BCUT2D eigenvalue weighted by Gasteiger charge is 2.44. The van der Waals surface area contributed by atoms with E-state index in [2.05, 4.69) is 33.5 Å². The molecular formula is C27H54O4Si. The molecule has 5 heteroatoms. The Labute approximate surface area is 200 Å². The highest BCUT2D eigenvalue weighted by Crippen LogP contribution is 2.34. The van der Waals surface area contributed by atoms with E-state index >= 15 is 0 Å². The van der Waals surface area contributed by atoms with Crippen LogP contribution < -0.4 is 0 Å². The van der Waals surface area contributed by atoms with Crippen molar-refractivity contribution in [2.24, 2.45) is 5.41 Å². The number of Topliss-reactive ketones (excluding diaryl/α,β-unsaturated/α-hetero) is 1. The maximum Gasteiger partial charge on any atom is 0.317 e. The minimum Gasteiger partial charge on any atom is -0.480 e. The van der Waals surface area contributed by atoms with E-state index in [1.807, 2.05) is 6.92 Å². The molecule has 4 nitrogen and oxygen atoms in total. The smallest absolute Gasteiger partial charge is 0.317 e. The van der Waals surface area contributed by atoms with E-state index in [9.17, 15) is 14.7 Å². The maximum atomic E-state index is 13.3. The number of hydrogen-bond acceptors (Lipinski definition) is 3. The van der Waals surface area contributed by atoms with Crippen LogP contribution in [-0.4, -0.2) is 31.3 Å².